The van der Waals surface area contributed by atoms with Gasteiger partial charge in [0.2, 0.25) is 0 Å². The molecule has 1 aliphatic heterocycles. The topological polar surface area (TPSA) is 35.0 Å². The van der Waals surface area contributed by atoms with E-state index in [4.69, 9.17) is 14.7 Å². The highest BCUT2D eigenvalue weighted by Crippen LogP contribution is 2.47. The van der Waals surface area contributed by atoms with Gasteiger partial charge in [-0.2, -0.15) is 0 Å². The van der Waals surface area contributed by atoms with E-state index in [1.165, 1.54) is 27.3 Å². The average molecular weight is 575 g/mol. The van der Waals surface area contributed by atoms with E-state index >= 15 is 0 Å². The van der Waals surface area contributed by atoms with E-state index in [2.05, 4.69) is 127 Å². The third kappa shape index (κ3) is 4.37. The third-order valence-corrected chi connectivity index (χ3v) is 8.67. The van der Waals surface area contributed by atoms with Crippen molar-refractivity contribution in [2.24, 2.45) is 0 Å². The van der Waals surface area contributed by atoms with E-state index < -0.39 is 0 Å². The molecule has 2 heterocycles. The Morgan fingerprint density at radius 1 is 0.378 bits per heavy atom. The number of aromatic nitrogens is 2. The second kappa shape index (κ2) is 10.3. The highest BCUT2D eigenvalue weighted by atomic mass is 16.5. The van der Waals surface area contributed by atoms with Crippen LogP contribution in [0, 0.1) is 0 Å². The van der Waals surface area contributed by atoms with Crippen molar-refractivity contribution in [3.63, 3.8) is 0 Å². The fourth-order valence-electron chi connectivity index (χ4n) is 6.51. The first-order valence-corrected chi connectivity index (χ1v) is 15.2. The first-order chi connectivity index (χ1) is 22.3. The summed E-state index contributed by atoms with van der Waals surface area (Å²) in [5, 5.41) is 4.77. The smallest absolute Gasteiger partial charge is 0.160 e. The minimum absolute atomic E-state index is 0.695. The van der Waals surface area contributed by atoms with Crippen molar-refractivity contribution in [3.05, 3.63) is 158 Å². The largest absolute Gasteiger partial charge is 0.456 e. The van der Waals surface area contributed by atoms with Crippen molar-refractivity contribution in [1.29, 1.82) is 0 Å². The summed E-state index contributed by atoms with van der Waals surface area (Å²) in [6, 6.07) is 55.0. The zero-order chi connectivity index (χ0) is 29.7. The lowest BCUT2D eigenvalue weighted by molar-refractivity contribution is 0.487. The first-order valence-electron chi connectivity index (χ1n) is 15.2. The van der Waals surface area contributed by atoms with Crippen LogP contribution in [0.25, 0.3) is 77.7 Å². The predicted molar refractivity (Wildman–Crippen MR) is 184 cm³/mol. The maximum atomic E-state index is 6.38. The fourth-order valence-corrected chi connectivity index (χ4v) is 6.51. The zero-order valence-electron chi connectivity index (χ0n) is 24.3. The monoisotopic (exact) mass is 574 g/mol. The van der Waals surface area contributed by atoms with E-state index in [-0.39, 0.29) is 0 Å². The Morgan fingerprint density at radius 3 is 1.89 bits per heavy atom. The number of hydrogen-bond acceptors (Lipinski definition) is 3. The van der Waals surface area contributed by atoms with Gasteiger partial charge in [0, 0.05) is 27.6 Å². The summed E-state index contributed by atoms with van der Waals surface area (Å²) in [6.07, 6.45) is 0. The average Bonchev–Trinajstić information content (AvgIpc) is 3.12. The van der Waals surface area contributed by atoms with Crippen LogP contribution in [-0.4, -0.2) is 9.97 Å². The highest BCUT2D eigenvalue weighted by molar-refractivity contribution is 6.04. The Labute approximate surface area is 261 Å². The highest BCUT2D eigenvalue weighted by Gasteiger charge is 2.21. The molecule has 8 aromatic rings. The minimum Gasteiger partial charge on any atom is -0.456 e. The number of hydrogen-bond donors (Lipinski definition) is 0. The Balaban J connectivity index is 1.21. The van der Waals surface area contributed by atoms with Gasteiger partial charge in [-0.15, -0.1) is 0 Å². The van der Waals surface area contributed by atoms with Gasteiger partial charge in [-0.25, -0.2) is 9.97 Å². The molecule has 0 spiro atoms. The van der Waals surface area contributed by atoms with Gasteiger partial charge < -0.3 is 4.74 Å². The minimum atomic E-state index is 0.695. The van der Waals surface area contributed by atoms with Crippen molar-refractivity contribution in [1.82, 2.24) is 9.97 Å². The molecule has 0 aliphatic carbocycles. The lowest BCUT2D eigenvalue weighted by atomic mass is 9.93. The first kappa shape index (κ1) is 25.4. The Bertz CT molecular complexity index is 2400. The molecule has 0 bridgehead atoms. The maximum Gasteiger partial charge on any atom is 0.160 e. The van der Waals surface area contributed by atoms with E-state index in [1.54, 1.807) is 0 Å². The summed E-state index contributed by atoms with van der Waals surface area (Å²) in [6.45, 7) is 0. The van der Waals surface area contributed by atoms with Gasteiger partial charge in [-0.1, -0.05) is 121 Å². The summed E-state index contributed by atoms with van der Waals surface area (Å²) in [4.78, 5) is 10.2. The van der Waals surface area contributed by atoms with Crippen LogP contribution in [0.3, 0.4) is 0 Å². The lowest BCUT2D eigenvalue weighted by Gasteiger charge is -2.22. The van der Waals surface area contributed by atoms with Crippen molar-refractivity contribution in [3.8, 4) is 67.7 Å². The Hall–Kier alpha value is -6.06. The SMILES string of the molecule is c1ccc(-c2nc(-c3cccc(-c4cccc5ccccc45)c3)cc(-c3ccc4c(c3)-c3cccc5cccc(c35)O4)n2)cc1. The van der Waals surface area contributed by atoms with Crippen LogP contribution < -0.4 is 4.74 Å². The van der Waals surface area contributed by atoms with Gasteiger partial charge in [-0.05, 0) is 69.2 Å². The second-order valence-corrected chi connectivity index (χ2v) is 11.4. The van der Waals surface area contributed by atoms with Crippen LogP contribution in [0.4, 0.5) is 0 Å². The van der Waals surface area contributed by atoms with Crippen molar-refractivity contribution < 1.29 is 4.74 Å². The number of benzene rings is 7. The van der Waals surface area contributed by atoms with Gasteiger partial charge >= 0.3 is 0 Å². The molecule has 0 radical (unpaired) electrons. The summed E-state index contributed by atoms with van der Waals surface area (Å²) >= 11 is 0. The molecule has 210 valence electrons. The maximum absolute atomic E-state index is 6.38. The summed E-state index contributed by atoms with van der Waals surface area (Å²) in [5.41, 5.74) is 9.38. The number of rotatable bonds is 4. The van der Waals surface area contributed by atoms with Gasteiger partial charge in [0.05, 0.1) is 11.4 Å². The van der Waals surface area contributed by atoms with Gasteiger partial charge in [0.1, 0.15) is 11.5 Å². The molecular formula is C42H26N2O. The van der Waals surface area contributed by atoms with Crippen molar-refractivity contribution in [2.75, 3.05) is 0 Å². The molecule has 0 saturated carbocycles. The van der Waals surface area contributed by atoms with Crippen LogP contribution in [0.2, 0.25) is 0 Å². The Morgan fingerprint density at radius 2 is 1.02 bits per heavy atom. The molecule has 1 aliphatic rings. The number of nitrogens with zero attached hydrogens (tertiary/aromatic N) is 2. The molecule has 0 atom stereocenters. The van der Waals surface area contributed by atoms with E-state index in [0.29, 0.717) is 5.82 Å². The van der Waals surface area contributed by atoms with Crippen LogP contribution >= 0.6 is 0 Å². The lowest BCUT2D eigenvalue weighted by Crippen LogP contribution is -1.99. The van der Waals surface area contributed by atoms with Crippen LogP contribution in [0.15, 0.2) is 158 Å². The molecule has 0 amide bonds. The molecule has 0 N–H and O–H groups in total. The van der Waals surface area contributed by atoms with Gasteiger partial charge in [0.25, 0.3) is 0 Å². The fraction of sp³-hybridized carbons (Fsp3) is 0. The molecule has 0 fully saturated rings. The number of fused-ring (bicyclic) bond motifs is 3. The van der Waals surface area contributed by atoms with Crippen LogP contribution in [0.1, 0.15) is 0 Å². The Kier molecular flexibility index (Phi) is 5.82. The molecule has 3 nitrogen and oxygen atoms in total. The van der Waals surface area contributed by atoms with Crippen LogP contribution in [-0.2, 0) is 0 Å². The molecule has 1 aromatic heterocycles. The summed E-state index contributed by atoms with van der Waals surface area (Å²) < 4.78 is 6.38. The van der Waals surface area contributed by atoms with E-state index in [0.717, 1.165) is 56.1 Å². The number of ether oxygens (including phenoxy) is 1. The van der Waals surface area contributed by atoms with E-state index in [9.17, 15) is 0 Å². The molecule has 3 heteroatoms. The van der Waals surface area contributed by atoms with Crippen LogP contribution in [0.5, 0.6) is 11.5 Å². The van der Waals surface area contributed by atoms with E-state index in [1.807, 2.05) is 30.3 Å². The summed E-state index contributed by atoms with van der Waals surface area (Å²) in [5.74, 6) is 2.44. The normalized spacial score (nSPS) is 11.7. The van der Waals surface area contributed by atoms with Gasteiger partial charge in [-0.3, -0.25) is 0 Å². The molecule has 0 unspecified atom stereocenters. The summed E-state index contributed by atoms with van der Waals surface area (Å²) in [7, 11) is 0. The standard InChI is InChI=1S/C42H26N2O/c1-2-11-29(12-3-1)42-43-37(31-17-6-16-30(24-31)34-19-7-13-27-10-4-5-18-33(27)34)26-38(44-42)32-22-23-39-36(25-32)35-20-8-14-28-15-9-21-40(45-39)41(28)35/h1-26H. The molecule has 45 heavy (non-hydrogen) atoms. The molecule has 9 rings (SSSR count). The second-order valence-electron chi connectivity index (χ2n) is 11.4. The third-order valence-electron chi connectivity index (χ3n) is 8.67. The molecular weight excluding hydrogens is 548 g/mol. The van der Waals surface area contributed by atoms with Crippen molar-refractivity contribution >= 4 is 21.5 Å². The quantitative estimate of drug-likeness (QED) is 0.210. The zero-order valence-corrected chi connectivity index (χ0v) is 24.3. The molecule has 0 saturated heterocycles. The predicted octanol–water partition coefficient (Wildman–Crippen LogP) is 11.2. The molecule has 7 aromatic carbocycles. The van der Waals surface area contributed by atoms with Gasteiger partial charge in [0.15, 0.2) is 5.82 Å². The van der Waals surface area contributed by atoms with Crippen molar-refractivity contribution in [2.45, 2.75) is 0 Å².